The molecule has 0 heterocycles. The van der Waals surface area contributed by atoms with E-state index in [0.717, 1.165) is 13.1 Å². The van der Waals surface area contributed by atoms with Crippen LogP contribution in [0.5, 0.6) is 0 Å². The van der Waals surface area contributed by atoms with Crippen molar-refractivity contribution in [2.45, 2.75) is 66.6 Å². The zero-order chi connectivity index (χ0) is 16.2. The summed E-state index contributed by atoms with van der Waals surface area (Å²) in [4.78, 5) is 2.47. The van der Waals surface area contributed by atoms with E-state index in [1.807, 2.05) is 0 Å². The molecule has 0 amide bonds. The van der Waals surface area contributed by atoms with Crippen LogP contribution in [0.15, 0.2) is 22.7 Å². The molecular formula is C18H31BrN2. The molecule has 0 aliphatic carbocycles. The molecule has 1 aromatic rings. The molecule has 0 radical (unpaired) electrons. The smallest absolute Gasteiger partial charge is 0.0380 e. The van der Waals surface area contributed by atoms with Crippen LogP contribution >= 0.6 is 15.9 Å². The van der Waals surface area contributed by atoms with Gasteiger partial charge in [-0.15, -0.1) is 0 Å². The van der Waals surface area contributed by atoms with Crippen LogP contribution in [0, 0.1) is 5.92 Å². The summed E-state index contributed by atoms with van der Waals surface area (Å²) >= 11 is 3.73. The fraction of sp³-hybridized carbons (Fsp3) is 0.667. The van der Waals surface area contributed by atoms with Gasteiger partial charge in [0.2, 0.25) is 0 Å². The number of benzene rings is 1. The van der Waals surface area contributed by atoms with Crippen molar-refractivity contribution < 1.29 is 0 Å². The van der Waals surface area contributed by atoms with E-state index in [2.05, 4.69) is 92.8 Å². The summed E-state index contributed by atoms with van der Waals surface area (Å²) in [5.74, 6) is 0.661. The summed E-state index contributed by atoms with van der Waals surface area (Å²) in [5.41, 5.74) is 2.74. The Hall–Kier alpha value is -0.540. The van der Waals surface area contributed by atoms with E-state index in [1.165, 1.54) is 15.7 Å². The summed E-state index contributed by atoms with van der Waals surface area (Å²) in [6.07, 6.45) is 0. The highest BCUT2D eigenvalue weighted by Crippen LogP contribution is 2.26. The third kappa shape index (κ3) is 6.39. The van der Waals surface area contributed by atoms with Gasteiger partial charge in [-0.1, -0.05) is 35.8 Å². The molecule has 0 unspecified atom stereocenters. The Morgan fingerprint density at radius 2 is 1.76 bits per heavy atom. The first-order chi connectivity index (χ1) is 9.60. The molecule has 21 heavy (non-hydrogen) atoms. The molecule has 1 N–H and O–H groups in total. The highest BCUT2D eigenvalue weighted by atomic mass is 79.9. The van der Waals surface area contributed by atoms with Crippen LogP contribution < -0.4 is 10.2 Å². The van der Waals surface area contributed by atoms with E-state index in [9.17, 15) is 0 Å². The topological polar surface area (TPSA) is 15.3 Å². The van der Waals surface area contributed by atoms with Crippen molar-refractivity contribution in [3.05, 3.63) is 28.2 Å². The van der Waals surface area contributed by atoms with Crippen molar-refractivity contribution in [2.24, 2.45) is 5.92 Å². The van der Waals surface area contributed by atoms with Crippen LogP contribution in [0.1, 0.15) is 54.0 Å². The van der Waals surface area contributed by atoms with Crippen LogP contribution in [-0.2, 0) is 6.54 Å². The van der Waals surface area contributed by atoms with Crippen LogP contribution in [0.2, 0.25) is 0 Å². The number of rotatable bonds is 6. The van der Waals surface area contributed by atoms with E-state index in [0.29, 0.717) is 12.0 Å². The lowest BCUT2D eigenvalue weighted by molar-refractivity contribution is 0.424. The number of nitrogens with zero attached hydrogens (tertiary/aromatic N) is 1. The highest BCUT2D eigenvalue weighted by molar-refractivity contribution is 9.10. The van der Waals surface area contributed by atoms with Gasteiger partial charge in [-0.2, -0.15) is 0 Å². The van der Waals surface area contributed by atoms with Gasteiger partial charge in [-0.3, -0.25) is 0 Å². The Balaban J connectivity index is 2.89. The van der Waals surface area contributed by atoms with Gasteiger partial charge in [-0.25, -0.2) is 0 Å². The minimum atomic E-state index is 0.139. The fourth-order valence-corrected chi connectivity index (χ4v) is 2.73. The van der Waals surface area contributed by atoms with E-state index in [4.69, 9.17) is 0 Å². The van der Waals surface area contributed by atoms with Crippen molar-refractivity contribution in [1.82, 2.24) is 5.32 Å². The summed E-state index contributed by atoms with van der Waals surface area (Å²) in [6, 6.07) is 7.24. The molecule has 0 spiro atoms. The number of nitrogens with one attached hydrogen (secondary N) is 1. The highest BCUT2D eigenvalue weighted by Gasteiger charge is 2.14. The minimum absolute atomic E-state index is 0.139. The summed E-state index contributed by atoms with van der Waals surface area (Å²) < 4.78 is 1.19. The molecular weight excluding hydrogens is 324 g/mol. The Labute approximate surface area is 139 Å². The Morgan fingerprint density at radius 3 is 2.19 bits per heavy atom. The number of anilines is 1. The predicted octanol–water partition coefficient (Wildman–Crippen LogP) is 5.21. The van der Waals surface area contributed by atoms with Gasteiger partial charge in [0.1, 0.15) is 0 Å². The summed E-state index contributed by atoms with van der Waals surface area (Å²) in [7, 11) is 0. The number of hydrogen-bond donors (Lipinski definition) is 1. The molecule has 0 bridgehead atoms. The fourth-order valence-electron chi connectivity index (χ4n) is 2.23. The molecule has 0 saturated heterocycles. The number of hydrogen-bond acceptors (Lipinski definition) is 2. The Morgan fingerprint density at radius 1 is 1.14 bits per heavy atom. The lowest BCUT2D eigenvalue weighted by atomic mass is 10.1. The third-order valence-electron chi connectivity index (χ3n) is 3.36. The molecule has 0 saturated carbocycles. The van der Waals surface area contributed by atoms with Crippen LogP contribution in [0.3, 0.4) is 0 Å². The van der Waals surface area contributed by atoms with Crippen LogP contribution in [-0.4, -0.2) is 18.1 Å². The van der Waals surface area contributed by atoms with Crippen molar-refractivity contribution in [3.8, 4) is 0 Å². The van der Waals surface area contributed by atoms with Crippen molar-refractivity contribution in [2.75, 3.05) is 11.4 Å². The molecule has 120 valence electrons. The monoisotopic (exact) mass is 354 g/mol. The largest absolute Gasteiger partial charge is 0.369 e. The van der Waals surface area contributed by atoms with Crippen molar-refractivity contribution in [1.29, 1.82) is 0 Å². The third-order valence-corrected chi connectivity index (χ3v) is 4.10. The van der Waals surface area contributed by atoms with Gasteiger partial charge in [0.05, 0.1) is 0 Å². The average Bonchev–Trinajstić information content (AvgIpc) is 2.32. The first-order valence-corrected chi connectivity index (χ1v) is 8.69. The van der Waals surface area contributed by atoms with E-state index in [1.54, 1.807) is 0 Å². The Bertz CT molecular complexity index is 447. The second-order valence-corrected chi connectivity index (χ2v) is 8.37. The maximum Gasteiger partial charge on any atom is 0.0380 e. The van der Waals surface area contributed by atoms with E-state index in [-0.39, 0.29) is 5.54 Å². The molecule has 3 heteroatoms. The normalized spacial score (nSPS) is 12.3. The van der Waals surface area contributed by atoms with E-state index < -0.39 is 0 Å². The predicted molar refractivity (Wildman–Crippen MR) is 98.1 cm³/mol. The first-order valence-electron chi connectivity index (χ1n) is 7.90. The van der Waals surface area contributed by atoms with Gasteiger partial charge in [0, 0.05) is 34.8 Å². The molecule has 0 atom stereocenters. The standard InChI is InChI=1S/C18H31BrN2/c1-13(2)12-21(14(3)4)16-9-8-15(17(19)10-16)11-20-18(5,6)7/h8-10,13-14,20H,11-12H2,1-7H3. The summed E-state index contributed by atoms with van der Waals surface area (Å²) in [5, 5.41) is 3.54. The lowest BCUT2D eigenvalue weighted by Gasteiger charge is -2.31. The van der Waals surface area contributed by atoms with Gasteiger partial charge in [0.15, 0.2) is 0 Å². The lowest BCUT2D eigenvalue weighted by Crippen LogP contribution is -2.35. The summed E-state index contributed by atoms with van der Waals surface area (Å²) in [6.45, 7) is 17.6. The SMILES string of the molecule is CC(C)CN(c1ccc(CNC(C)(C)C)c(Br)c1)C(C)C. The molecule has 0 aromatic heterocycles. The van der Waals surface area contributed by atoms with Gasteiger partial charge in [0.25, 0.3) is 0 Å². The second kappa shape index (κ2) is 7.64. The van der Waals surface area contributed by atoms with Crippen LogP contribution in [0.25, 0.3) is 0 Å². The van der Waals surface area contributed by atoms with Gasteiger partial charge in [-0.05, 0) is 58.2 Å². The van der Waals surface area contributed by atoms with Gasteiger partial charge >= 0.3 is 0 Å². The molecule has 0 aliphatic heterocycles. The van der Waals surface area contributed by atoms with Crippen molar-refractivity contribution in [3.63, 3.8) is 0 Å². The van der Waals surface area contributed by atoms with Crippen LogP contribution in [0.4, 0.5) is 5.69 Å². The Kier molecular flexibility index (Phi) is 6.73. The molecule has 1 rings (SSSR count). The second-order valence-electron chi connectivity index (χ2n) is 7.52. The number of halogens is 1. The van der Waals surface area contributed by atoms with Gasteiger partial charge < -0.3 is 10.2 Å². The van der Waals surface area contributed by atoms with Crippen molar-refractivity contribution >= 4 is 21.6 Å². The zero-order valence-corrected chi connectivity index (χ0v) is 16.2. The maximum atomic E-state index is 3.73. The molecule has 0 aliphatic rings. The maximum absolute atomic E-state index is 3.73. The minimum Gasteiger partial charge on any atom is -0.369 e. The quantitative estimate of drug-likeness (QED) is 0.754. The zero-order valence-electron chi connectivity index (χ0n) is 14.6. The molecule has 1 aromatic carbocycles. The first kappa shape index (κ1) is 18.5. The molecule has 0 fully saturated rings. The average molecular weight is 355 g/mol. The van der Waals surface area contributed by atoms with E-state index >= 15 is 0 Å². The molecule has 2 nitrogen and oxygen atoms in total.